The minimum atomic E-state index is -4.58. The van der Waals surface area contributed by atoms with E-state index < -0.39 is 23.7 Å². The van der Waals surface area contributed by atoms with Gasteiger partial charge in [-0.25, -0.2) is 0 Å². The van der Waals surface area contributed by atoms with Crippen molar-refractivity contribution in [3.8, 4) is 0 Å². The number of halogens is 4. The summed E-state index contributed by atoms with van der Waals surface area (Å²) in [6.07, 6.45) is -4.58. The van der Waals surface area contributed by atoms with E-state index in [0.29, 0.717) is 5.69 Å². The predicted octanol–water partition coefficient (Wildman–Crippen LogP) is 4.67. The summed E-state index contributed by atoms with van der Waals surface area (Å²) >= 11 is 3.35. The molecular weight excluding hydrogens is 451 g/mol. The van der Waals surface area contributed by atoms with Crippen molar-refractivity contribution in [2.45, 2.75) is 26.1 Å². The highest BCUT2D eigenvalue weighted by molar-refractivity contribution is 9.10. The molecule has 0 fully saturated rings. The Balaban J connectivity index is 2.00. The number of hydrogen-bond donors (Lipinski definition) is 2. The largest absolute Gasteiger partial charge is 0.418 e. The normalized spacial score (nSPS) is 12.6. The fraction of sp³-hybridized carbons (Fsp3) is 0.300. The van der Waals surface area contributed by atoms with Gasteiger partial charge in [-0.15, -0.1) is 0 Å². The molecule has 2 rings (SSSR count). The number of hydrogen-bond acceptors (Lipinski definition) is 3. The third-order valence-electron chi connectivity index (χ3n) is 4.39. The second-order valence-electron chi connectivity index (χ2n) is 6.63. The molecule has 2 aromatic carbocycles. The van der Waals surface area contributed by atoms with Gasteiger partial charge in [0.25, 0.3) is 0 Å². The van der Waals surface area contributed by atoms with Crippen LogP contribution in [0, 0.1) is 6.92 Å². The molecule has 0 aromatic heterocycles. The van der Waals surface area contributed by atoms with Crippen molar-refractivity contribution < 1.29 is 22.8 Å². The van der Waals surface area contributed by atoms with Crippen molar-refractivity contribution in [1.82, 2.24) is 4.90 Å². The first-order valence-corrected chi connectivity index (χ1v) is 9.51. The molecule has 29 heavy (non-hydrogen) atoms. The van der Waals surface area contributed by atoms with E-state index in [1.54, 1.807) is 19.2 Å². The highest BCUT2D eigenvalue weighted by atomic mass is 79.9. The predicted molar refractivity (Wildman–Crippen MR) is 110 cm³/mol. The molecular formula is C20H21BrF3N3O2. The number of para-hydroxylation sites is 1. The van der Waals surface area contributed by atoms with Gasteiger partial charge in [0.15, 0.2) is 0 Å². The fourth-order valence-corrected chi connectivity index (χ4v) is 3.07. The van der Waals surface area contributed by atoms with Crippen LogP contribution in [-0.2, 0) is 15.8 Å². The Morgan fingerprint density at radius 3 is 2.38 bits per heavy atom. The monoisotopic (exact) mass is 471 g/mol. The zero-order valence-corrected chi connectivity index (χ0v) is 17.7. The third-order valence-corrected chi connectivity index (χ3v) is 4.88. The topological polar surface area (TPSA) is 61.4 Å². The number of carbonyl (C=O) groups excluding carboxylic acids is 2. The van der Waals surface area contributed by atoms with Crippen LogP contribution in [0.5, 0.6) is 0 Å². The Kier molecular flexibility index (Phi) is 7.43. The van der Waals surface area contributed by atoms with Crippen molar-refractivity contribution in [2.75, 3.05) is 24.2 Å². The molecule has 0 bridgehead atoms. The lowest BCUT2D eigenvalue weighted by Crippen LogP contribution is -2.43. The number of nitrogens with zero attached hydrogens (tertiary/aromatic N) is 1. The molecule has 0 aliphatic heterocycles. The zero-order chi connectivity index (χ0) is 21.8. The van der Waals surface area contributed by atoms with Crippen LogP contribution < -0.4 is 10.6 Å². The average Bonchev–Trinajstić information content (AvgIpc) is 2.62. The molecule has 2 amide bonds. The van der Waals surface area contributed by atoms with Gasteiger partial charge >= 0.3 is 6.18 Å². The number of amides is 2. The molecule has 1 unspecified atom stereocenters. The van der Waals surface area contributed by atoms with E-state index in [9.17, 15) is 22.8 Å². The van der Waals surface area contributed by atoms with E-state index in [2.05, 4.69) is 26.6 Å². The number of aryl methyl sites for hydroxylation is 1. The van der Waals surface area contributed by atoms with Crippen molar-refractivity contribution in [3.05, 3.63) is 58.1 Å². The second kappa shape index (κ2) is 9.41. The highest BCUT2D eigenvalue weighted by Crippen LogP contribution is 2.34. The summed E-state index contributed by atoms with van der Waals surface area (Å²) in [6, 6.07) is 9.33. The molecule has 0 saturated heterocycles. The zero-order valence-electron chi connectivity index (χ0n) is 16.1. The molecule has 0 radical (unpaired) electrons. The van der Waals surface area contributed by atoms with E-state index in [4.69, 9.17) is 0 Å². The smallest absolute Gasteiger partial charge is 0.325 e. The van der Waals surface area contributed by atoms with E-state index in [-0.39, 0.29) is 18.1 Å². The molecule has 0 aliphatic rings. The Morgan fingerprint density at radius 1 is 1.10 bits per heavy atom. The van der Waals surface area contributed by atoms with Crippen molar-refractivity contribution in [1.29, 1.82) is 0 Å². The van der Waals surface area contributed by atoms with Gasteiger partial charge in [-0.1, -0.05) is 28.1 Å². The number of alkyl halides is 3. The third kappa shape index (κ3) is 6.30. The first-order valence-electron chi connectivity index (χ1n) is 8.72. The summed E-state index contributed by atoms with van der Waals surface area (Å²) in [5.74, 6) is -0.981. The first kappa shape index (κ1) is 22.9. The van der Waals surface area contributed by atoms with Gasteiger partial charge < -0.3 is 10.6 Å². The van der Waals surface area contributed by atoms with Gasteiger partial charge in [0.05, 0.1) is 23.8 Å². The maximum atomic E-state index is 13.1. The molecule has 1 atom stereocenters. The van der Waals surface area contributed by atoms with Crippen molar-refractivity contribution in [3.63, 3.8) is 0 Å². The highest BCUT2D eigenvalue weighted by Gasteiger charge is 2.34. The first-order chi connectivity index (χ1) is 13.5. The standard InChI is InChI=1S/C20H21BrF3N3O2/c1-12-10-14(21)8-9-16(12)25-18(28)11-27(3)13(2)19(29)26-17-7-5-4-6-15(17)20(22,23)24/h4-10,13H,11H2,1-3H3,(H,25,28)(H,26,29). The quantitative estimate of drug-likeness (QED) is 0.643. The lowest BCUT2D eigenvalue weighted by Gasteiger charge is -2.24. The average molecular weight is 472 g/mol. The van der Waals surface area contributed by atoms with E-state index >= 15 is 0 Å². The number of carbonyl (C=O) groups is 2. The summed E-state index contributed by atoms with van der Waals surface area (Å²) in [4.78, 5) is 26.1. The van der Waals surface area contributed by atoms with Gasteiger partial charge in [0.2, 0.25) is 11.8 Å². The molecule has 2 N–H and O–H groups in total. The molecule has 5 nitrogen and oxygen atoms in total. The van der Waals surface area contributed by atoms with Gasteiger partial charge in [0.1, 0.15) is 0 Å². The van der Waals surface area contributed by atoms with Crippen LogP contribution in [0.15, 0.2) is 46.9 Å². The number of rotatable bonds is 6. The second-order valence-corrected chi connectivity index (χ2v) is 7.55. The number of anilines is 2. The van der Waals surface area contributed by atoms with Gasteiger partial charge in [-0.3, -0.25) is 14.5 Å². The minimum Gasteiger partial charge on any atom is -0.325 e. The molecule has 0 heterocycles. The molecule has 2 aromatic rings. The van der Waals surface area contributed by atoms with Crippen molar-refractivity contribution >= 4 is 39.1 Å². The van der Waals surface area contributed by atoms with Gasteiger partial charge in [-0.2, -0.15) is 13.2 Å². The molecule has 156 valence electrons. The van der Waals surface area contributed by atoms with Gasteiger partial charge in [-0.05, 0) is 56.8 Å². The van der Waals surface area contributed by atoms with Crippen LogP contribution in [0.25, 0.3) is 0 Å². The number of likely N-dealkylation sites (N-methyl/N-ethyl adjacent to an activating group) is 1. The number of nitrogens with one attached hydrogen (secondary N) is 2. The van der Waals surface area contributed by atoms with Crippen LogP contribution in [0.2, 0.25) is 0 Å². The Labute approximate surface area is 175 Å². The van der Waals surface area contributed by atoms with Crippen LogP contribution in [-0.4, -0.2) is 36.3 Å². The van der Waals surface area contributed by atoms with Crippen molar-refractivity contribution in [2.24, 2.45) is 0 Å². The van der Waals surface area contributed by atoms with Crippen LogP contribution >= 0.6 is 15.9 Å². The molecule has 9 heteroatoms. The summed E-state index contributed by atoms with van der Waals surface area (Å²) in [7, 11) is 1.55. The molecule has 0 spiro atoms. The summed E-state index contributed by atoms with van der Waals surface area (Å²) in [5, 5.41) is 5.06. The minimum absolute atomic E-state index is 0.106. The van der Waals surface area contributed by atoms with E-state index in [1.165, 1.54) is 30.0 Å². The Bertz CT molecular complexity index is 903. The maximum Gasteiger partial charge on any atom is 0.418 e. The summed E-state index contributed by atoms with van der Waals surface area (Å²) in [5.41, 5.74) is 0.264. The lowest BCUT2D eigenvalue weighted by molar-refractivity contribution is -0.137. The molecule has 0 saturated carbocycles. The van der Waals surface area contributed by atoms with Crippen LogP contribution in [0.4, 0.5) is 24.5 Å². The summed E-state index contributed by atoms with van der Waals surface area (Å²) in [6.45, 7) is 3.26. The maximum absolute atomic E-state index is 13.1. The number of benzene rings is 2. The van der Waals surface area contributed by atoms with E-state index in [1.807, 2.05) is 13.0 Å². The fourth-order valence-electron chi connectivity index (χ4n) is 2.60. The Morgan fingerprint density at radius 2 is 1.76 bits per heavy atom. The van der Waals surface area contributed by atoms with Crippen LogP contribution in [0.3, 0.4) is 0 Å². The lowest BCUT2D eigenvalue weighted by atomic mass is 10.1. The van der Waals surface area contributed by atoms with Crippen LogP contribution in [0.1, 0.15) is 18.1 Å². The molecule has 0 aliphatic carbocycles. The Hall–Kier alpha value is -2.39. The van der Waals surface area contributed by atoms with E-state index in [0.717, 1.165) is 16.1 Å². The summed E-state index contributed by atoms with van der Waals surface area (Å²) < 4.78 is 40.1. The van der Waals surface area contributed by atoms with Gasteiger partial charge in [0, 0.05) is 10.2 Å². The SMILES string of the molecule is Cc1cc(Br)ccc1NC(=O)CN(C)C(C)C(=O)Nc1ccccc1C(F)(F)F.